The Kier molecular flexibility index (Phi) is 6.67. The molecule has 1 aromatic heterocycles. The SMILES string of the molecule is COCCn1c(SCC(=O)Nc2c(C)cc(C)cc2C)nc(C)c1C. The number of ether oxygens (including phenoxy) is 1. The van der Waals surface area contributed by atoms with E-state index < -0.39 is 0 Å². The summed E-state index contributed by atoms with van der Waals surface area (Å²) in [4.78, 5) is 17.0. The van der Waals surface area contributed by atoms with Gasteiger partial charge in [-0.1, -0.05) is 29.5 Å². The quantitative estimate of drug-likeness (QED) is 0.762. The van der Waals surface area contributed by atoms with Gasteiger partial charge in [0.2, 0.25) is 5.91 Å². The molecule has 136 valence electrons. The molecule has 0 unspecified atom stereocenters. The first-order chi connectivity index (χ1) is 11.8. The minimum atomic E-state index is -0.0170. The van der Waals surface area contributed by atoms with Gasteiger partial charge in [0, 0.05) is 25.0 Å². The van der Waals surface area contributed by atoms with E-state index in [1.54, 1.807) is 7.11 Å². The normalized spacial score (nSPS) is 11.0. The number of imidazole rings is 1. The van der Waals surface area contributed by atoms with Gasteiger partial charge in [-0.05, 0) is 45.7 Å². The fraction of sp³-hybridized carbons (Fsp3) is 0.474. The number of aromatic nitrogens is 2. The van der Waals surface area contributed by atoms with Crippen LogP contribution in [0.4, 0.5) is 5.69 Å². The molecule has 0 aliphatic carbocycles. The monoisotopic (exact) mass is 361 g/mol. The van der Waals surface area contributed by atoms with E-state index >= 15 is 0 Å². The van der Waals surface area contributed by atoms with Crippen molar-refractivity contribution < 1.29 is 9.53 Å². The van der Waals surface area contributed by atoms with Gasteiger partial charge in [-0.2, -0.15) is 0 Å². The van der Waals surface area contributed by atoms with Crippen LogP contribution in [0.1, 0.15) is 28.1 Å². The van der Waals surface area contributed by atoms with Crippen molar-refractivity contribution in [2.75, 3.05) is 24.8 Å². The van der Waals surface area contributed by atoms with Crippen LogP contribution >= 0.6 is 11.8 Å². The zero-order valence-electron chi connectivity index (χ0n) is 15.9. The van der Waals surface area contributed by atoms with E-state index in [2.05, 4.69) is 33.9 Å². The zero-order chi connectivity index (χ0) is 18.6. The number of anilines is 1. The topological polar surface area (TPSA) is 56.1 Å². The van der Waals surface area contributed by atoms with Crippen LogP contribution in [0, 0.1) is 34.6 Å². The maximum Gasteiger partial charge on any atom is 0.234 e. The molecule has 0 atom stereocenters. The van der Waals surface area contributed by atoms with Gasteiger partial charge < -0.3 is 14.6 Å². The fourth-order valence-corrected chi connectivity index (χ4v) is 3.78. The highest BCUT2D eigenvalue weighted by Crippen LogP contribution is 2.24. The van der Waals surface area contributed by atoms with Gasteiger partial charge in [0.05, 0.1) is 18.1 Å². The predicted octanol–water partition coefficient (Wildman–Crippen LogP) is 3.80. The highest BCUT2D eigenvalue weighted by atomic mass is 32.2. The Labute approximate surface area is 154 Å². The van der Waals surface area contributed by atoms with Gasteiger partial charge in [-0.25, -0.2) is 4.98 Å². The molecule has 1 amide bonds. The number of rotatable bonds is 7. The highest BCUT2D eigenvalue weighted by molar-refractivity contribution is 7.99. The first-order valence-corrected chi connectivity index (χ1v) is 9.35. The van der Waals surface area contributed by atoms with Crippen molar-refractivity contribution in [1.82, 2.24) is 9.55 Å². The first kappa shape index (κ1) is 19.5. The molecular formula is C19H27N3O2S. The maximum atomic E-state index is 12.4. The van der Waals surface area contributed by atoms with Crippen molar-refractivity contribution in [1.29, 1.82) is 0 Å². The molecular weight excluding hydrogens is 334 g/mol. The Morgan fingerprint density at radius 1 is 1.20 bits per heavy atom. The van der Waals surface area contributed by atoms with Crippen LogP contribution in [0.3, 0.4) is 0 Å². The van der Waals surface area contributed by atoms with Gasteiger partial charge >= 0.3 is 0 Å². The molecule has 0 radical (unpaired) electrons. The third kappa shape index (κ3) is 4.86. The van der Waals surface area contributed by atoms with E-state index in [1.165, 1.54) is 17.3 Å². The minimum absolute atomic E-state index is 0.0170. The molecule has 0 bridgehead atoms. The number of thioether (sulfide) groups is 1. The van der Waals surface area contributed by atoms with Crippen LogP contribution < -0.4 is 5.32 Å². The van der Waals surface area contributed by atoms with Gasteiger partial charge in [-0.15, -0.1) is 0 Å². The van der Waals surface area contributed by atoms with Crippen molar-refractivity contribution in [3.8, 4) is 0 Å². The van der Waals surface area contributed by atoms with Crippen LogP contribution in [-0.4, -0.2) is 34.9 Å². The maximum absolute atomic E-state index is 12.4. The lowest BCUT2D eigenvalue weighted by atomic mass is 10.1. The molecule has 5 nitrogen and oxygen atoms in total. The zero-order valence-corrected chi connectivity index (χ0v) is 16.7. The van der Waals surface area contributed by atoms with E-state index in [9.17, 15) is 4.79 Å². The van der Waals surface area contributed by atoms with E-state index in [4.69, 9.17) is 4.74 Å². The molecule has 1 heterocycles. The second kappa shape index (κ2) is 8.54. The Morgan fingerprint density at radius 2 is 1.84 bits per heavy atom. The standard InChI is InChI=1S/C19H27N3O2S/c1-12-9-13(2)18(14(3)10-12)21-17(23)11-25-19-20-15(4)16(5)22(19)7-8-24-6/h9-10H,7-8,11H2,1-6H3,(H,21,23). The van der Waals surface area contributed by atoms with Gasteiger partial charge in [0.15, 0.2) is 5.16 Å². The van der Waals surface area contributed by atoms with Crippen molar-refractivity contribution in [2.45, 2.75) is 46.3 Å². The molecule has 0 saturated heterocycles. The van der Waals surface area contributed by atoms with Crippen LogP contribution in [0.2, 0.25) is 0 Å². The van der Waals surface area contributed by atoms with Crippen molar-refractivity contribution in [3.63, 3.8) is 0 Å². The number of methoxy groups -OCH3 is 1. The third-order valence-electron chi connectivity index (χ3n) is 4.22. The van der Waals surface area contributed by atoms with Gasteiger partial charge in [-0.3, -0.25) is 4.79 Å². The number of carbonyl (C=O) groups is 1. The molecule has 0 spiro atoms. The Hall–Kier alpha value is -1.79. The molecule has 0 fully saturated rings. The summed E-state index contributed by atoms with van der Waals surface area (Å²) >= 11 is 1.46. The smallest absolute Gasteiger partial charge is 0.234 e. The van der Waals surface area contributed by atoms with Gasteiger partial charge in [0.25, 0.3) is 0 Å². The number of amides is 1. The van der Waals surface area contributed by atoms with Crippen molar-refractivity contribution in [3.05, 3.63) is 40.2 Å². The Balaban J connectivity index is 2.05. The van der Waals surface area contributed by atoms with Crippen LogP contribution in [0.15, 0.2) is 17.3 Å². The first-order valence-electron chi connectivity index (χ1n) is 8.36. The summed E-state index contributed by atoms with van der Waals surface area (Å²) in [5.74, 6) is 0.312. The third-order valence-corrected chi connectivity index (χ3v) is 5.19. The second-order valence-electron chi connectivity index (χ2n) is 6.32. The molecule has 1 N–H and O–H groups in total. The number of hydrogen-bond donors (Lipinski definition) is 1. The average molecular weight is 362 g/mol. The Morgan fingerprint density at radius 3 is 2.44 bits per heavy atom. The summed E-state index contributed by atoms with van der Waals surface area (Å²) in [5.41, 5.74) is 6.39. The lowest BCUT2D eigenvalue weighted by molar-refractivity contribution is -0.113. The summed E-state index contributed by atoms with van der Waals surface area (Å²) in [6.45, 7) is 11.5. The number of nitrogens with one attached hydrogen (secondary N) is 1. The number of carbonyl (C=O) groups excluding carboxylic acids is 1. The lowest BCUT2D eigenvalue weighted by Gasteiger charge is -2.13. The average Bonchev–Trinajstić information content (AvgIpc) is 2.81. The molecule has 2 aromatic rings. The van der Waals surface area contributed by atoms with Crippen LogP contribution in [-0.2, 0) is 16.1 Å². The molecule has 0 aliphatic heterocycles. The Bertz CT molecular complexity index is 745. The van der Waals surface area contributed by atoms with Crippen LogP contribution in [0.5, 0.6) is 0 Å². The summed E-state index contributed by atoms with van der Waals surface area (Å²) in [6, 6.07) is 4.17. The van der Waals surface area contributed by atoms with Gasteiger partial charge in [0.1, 0.15) is 0 Å². The van der Waals surface area contributed by atoms with E-state index in [0.29, 0.717) is 12.4 Å². The largest absolute Gasteiger partial charge is 0.383 e. The molecule has 2 rings (SSSR count). The fourth-order valence-electron chi connectivity index (χ4n) is 2.86. The van der Waals surface area contributed by atoms with Crippen molar-refractivity contribution >= 4 is 23.4 Å². The number of aryl methyl sites for hydroxylation is 4. The molecule has 1 aromatic carbocycles. The van der Waals surface area contributed by atoms with E-state index in [0.717, 1.165) is 39.9 Å². The molecule has 25 heavy (non-hydrogen) atoms. The predicted molar refractivity (Wildman–Crippen MR) is 104 cm³/mol. The summed E-state index contributed by atoms with van der Waals surface area (Å²) in [5, 5.41) is 3.90. The lowest BCUT2D eigenvalue weighted by Crippen LogP contribution is -2.16. The number of nitrogens with zero attached hydrogens (tertiary/aromatic N) is 2. The number of benzene rings is 1. The number of hydrogen-bond acceptors (Lipinski definition) is 4. The summed E-state index contributed by atoms with van der Waals surface area (Å²) in [7, 11) is 1.69. The van der Waals surface area contributed by atoms with Crippen LogP contribution in [0.25, 0.3) is 0 Å². The van der Waals surface area contributed by atoms with E-state index in [-0.39, 0.29) is 5.91 Å². The molecule has 0 saturated carbocycles. The molecule has 0 aliphatic rings. The highest BCUT2D eigenvalue weighted by Gasteiger charge is 2.14. The summed E-state index contributed by atoms with van der Waals surface area (Å²) < 4.78 is 7.28. The minimum Gasteiger partial charge on any atom is -0.383 e. The summed E-state index contributed by atoms with van der Waals surface area (Å²) in [6.07, 6.45) is 0. The second-order valence-corrected chi connectivity index (χ2v) is 7.26. The van der Waals surface area contributed by atoms with E-state index in [1.807, 2.05) is 27.7 Å². The molecule has 6 heteroatoms. The van der Waals surface area contributed by atoms with Crippen molar-refractivity contribution in [2.24, 2.45) is 0 Å².